The molecule has 0 bridgehead atoms. The molecule has 36 heavy (non-hydrogen) atoms. The average Bonchev–Trinajstić information content (AvgIpc) is 2.91. The Bertz CT molecular complexity index is 896. The molecule has 2 heterocycles. The molecular weight excluding hydrogens is 464 g/mol. The number of rotatable bonds is 12. The lowest BCUT2D eigenvalue weighted by molar-refractivity contribution is -0.184. The first-order valence-electron chi connectivity index (χ1n) is 12.7. The van der Waals surface area contributed by atoms with E-state index in [-0.39, 0.29) is 11.8 Å². The highest BCUT2D eigenvalue weighted by atomic mass is 16.5. The summed E-state index contributed by atoms with van der Waals surface area (Å²) >= 11 is 0. The Kier molecular flexibility index (Phi) is 10.7. The van der Waals surface area contributed by atoms with Crippen molar-refractivity contribution in [1.82, 2.24) is 20.7 Å². The van der Waals surface area contributed by atoms with Crippen LogP contribution in [0.4, 0.5) is 0 Å². The lowest BCUT2D eigenvalue weighted by Gasteiger charge is -2.48. The van der Waals surface area contributed by atoms with Gasteiger partial charge in [0.1, 0.15) is 12.1 Å². The maximum absolute atomic E-state index is 13.3. The molecule has 0 spiro atoms. The van der Waals surface area contributed by atoms with Crippen molar-refractivity contribution in [1.29, 1.82) is 0 Å². The van der Waals surface area contributed by atoms with Gasteiger partial charge in [-0.05, 0) is 50.5 Å². The first-order valence-corrected chi connectivity index (χ1v) is 12.7. The van der Waals surface area contributed by atoms with Crippen LogP contribution in [0, 0.1) is 0 Å². The van der Waals surface area contributed by atoms with E-state index in [4.69, 9.17) is 9.47 Å². The molecule has 2 fully saturated rings. The van der Waals surface area contributed by atoms with Crippen molar-refractivity contribution >= 4 is 23.8 Å². The van der Waals surface area contributed by atoms with Gasteiger partial charge >= 0.3 is 11.9 Å². The maximum atomic E-state index is 13.3. The third-order valence-electron chi connectivity index (χ3n) is 6.78. The van der Waals surface area contributed by atoms with Crippen molar-refractivity contribution in [3.8, 4) is 0 Å². The monoisotopic (exact) mass is 502 g/mol. The molecule has 1 aromatic rings. The first-order chi connectivity index (χ1) is 17.4. The number of nitrogens with one attached hydrogen (secondary N) is 2. The second-order valence-electron chi connectivity index (χ2n) is 9.23. The number of hydrazine groups is 1. The van der Waals surface area contributed by atoms with Crippen molar-refractivity contribution in [2.24, 2.45) is 0 Å². The molecule has 2 saturated heterocycles. The number of benzene rings is 1. The number of hydrogen-bond acceptors (Lipinski definition) is 8. The number of carbonyl (C=O) groups excluding carboxylic acids is 4. The van der Waals surface area contributed by atoms with Crippen LogP contribution in [0.5, 0.6) is 0 Å². The summed E-state index contributed by atoms with van der Waals surface area (Å²) < 4.78 is 9.87. The van der Waals surface area contributed by atoms with E-state index in [1.807, 2.05) is 35.3 Å². The Labute approximate surface area is 212 Å². The van der Waals surface area contributed by atoms with Crippen LogP contribution in [0.1, 0.15) is 50.5 Å². The van der Waals surface area contributed by atoms with Crippen LogP contribution in [0.3, 0.4) is 0 Å². The van der Waals surface area contributed by atoms with Crippen LogP contribution in [0.2, 0.25) is 0 Å². The van der Waals surface area contributed by atoms with E-state index in [0.29, 0.717) is 64.6 Å². The topological polar surface area (TPSA) is 117 Å². The molecule has 2 N–H and O–H groups in total. The van der Waals surface area contributed by atoms with Crippen LogP contribution in [-0.4, -0.2) is 85.8 Å². The van der Waals surface area contributed by atoms with Gasteiger partial charge in [0.15, 0.2) is 0 Å². The largest absolute Gasteiger partial charge is 0.468 e. The standard InChI is InChI=1S/C26H38N4O6/c1-35-25(33)21(11-6-7-16-27-23(31)14-13-19-9-4-3-5-10-19)28-20-15-18-29-17-8-12-22(26(34)36-2)30(29)24(20)32/h3-5,9-10,20-22,28H,6-8,11-18H2,1-2H3,(H,27,31). The smallest absolute Gasteiger partial charge is 0.330 e. The van der Waals surface area contributed by atoms with Gasteiger partial charge in [0.05, 0.1) is 20.3 Å². The molecule has 2 aliphatic heterocycles. The number of nitrogens with zero attached hydrogens (tertiary/aromatic N) is 2. The molecule has 0 aliphatic carbocycles. The highest BCUT2D eigenvalue weighted by molar-refractivity contribution is 5.88. The minimum absolute atomic E-state index is 0.000504. The van der Waals surface area contributed by atoms with Gasteiger partial charge in [-0.3, -0.25) is 24.7 Å². The molecule has 0 radical (unpaired) electrons. The van der Waals surface area contributed by atoms with Gasteiger partial charge in [0, 0.05) is 26.1 Å². The van der Waals surface area contributed by atoms with Crippen molar-refractivity contribution in [2.75, 3.05) is 33.9 Å². The molecule has 10 nitrogen and oxygen atoms in total. The van der Waals surface area contributed by atoms with Gasteiger partial charge in [-0.15, -0.1) is 0 Å². The Morgan fingerprint density at radius 2 is 1.83 bits per heavy atom. The molecule has 0 saturated carbocycles. The predicted octanol–water partition coefficient (Wildman–Crippen LogP) is 1.19. The molecule has 0 aromatic heterocycles. The fraction of sp³-hybridized carbons (Fsp3) is 0.615. The Balaban J connectivity index is 1.45. The summed E-state index contributed by atoms with van der Waals surface area (Å²) in [5.41, 5.74) is 1.13. The number of fused-ring (bicyclic) bond motifs is 1. The summed E-state index contributed by atoms with van der Waals surface area (Å²) in [6, 6.07) is 8.00. The summed E-state index contributed by atoms with van der Waals surface area (Å²) in [5, 5.41) is 9.51. The van der Waals surface area contributed by atoms with Crippen molar-refractivity contribution < 1.29 is 28.7 Å². The molecule has 3 rings (SSSR count). The molecule has 2 amide bonds. The van der Waals surface area contributed by atoms with Crippen LogP contribution >= 0.6 is 0 Å². The van der Waals surface area contributed by atoms with E-state index >= 15 is 0 Å². The number of amides is 2. The average molecular weight is 503 g/mol. The van der Waals surface area contributed by atoms with E-state index in [1.165, 1.54) is 19.2 Å². The van der Waals surface area contributed by atoms with E-state index in [0.717, 1.165) is 12.0 Å². The quantitative estimate of drug-likeness (QED) is 0.323. The maximum Gasteiger partial charge on any atom is 0.330 e. The minimum atomic E-state index is -0.648. The van der Waals surface area contributed by atoms with Gasteiger partial charge in [0.2, 0.25) is 5.91 Å². The van der Waals surface area contributed by atoms with E-state index in [9.17, 15) is 19.2 Å². The van der Waals surface area contributed by atoms with Crippen LogP contribution < -0.4 is 10.6 Å². The lowest BCUT2D eigenvalue weighted by Crippen LogP contribution is -2.67. The fourth-order valence-electron chi connectivity index (χ4n) is 4.82. The zero-order valence-electron chi connectivity index (χ0n) is 21.2. The van der Waals surface area contributed by atoms with Crippen molar-refractivity contribution in [3.05, 3.63) is 35.9 Å². The van der Waals surface area contributed by atoms with E-state index in [2.05, 4.69) is 10.6 Å². The van der Waals surface area contributed by atoms with Crippen LogP contribution in [0.15, 0.2) is 30.3 Å². The molecule has 3 atom stereocenters. The number of ether oxygens (including phenoxy) is 2. The Morgan fingerprint density at radius 1 is 1.06 bits per heavy atom. The third kappa shape index (κ3) is 7.51. The third-order valence-corrected chi connectivity index (χ3v) is 6.78. The number of unbranched alkanes of at least 4 members (excludes halogenated alkanes) is 1. The molecular formula is C26H38N4O6. The summed E-state index contributed by atoms with van der Waals surface area (Å²) in [5.74, 6) is -1.08. The summed E-state index contributed by atoms with van der Waals surface area (Å²) in [4.78, 5) is 50.0. The summed E-state index contributed by atoms with van der Waals surface area (Å²) in [7, 11) is 2.65. The zero-order valence-corrected chi connectivity index (χ0v) is 21.2. The van der Waals surface area contributed by atoms with Gasteiger partial charge in [-0.2, -0.15) is 0 Å². The Morgan fingerprint density at radius 3 is 2.56 bits per heavy atom. The normalized spacial score (nSPS) is 20.8. The predicted molar refractivity (Wildman–Crippen MR) is 132 cm³/mol. The fourth-order valence-corrected chi connectivity index (χ4v) is 4.82. The summed E-state index contributed by atoms with van der Waals surface area (Å²) in [6.45, 7) is 1.84. The molecule has 198 valence electrons. The number of methoxy groups -OCH3 is 2. The van der Waals surface area contributed by atoms with Gasteiger partial charge in [0.25, 0.3) is 5.91 Å². The SMILES string of the molecule is COC(=O)C(CCCCNC(=O)CCc1ccccc1)NC1CCN2CCCC(C(=O)OC)N2C1=O. The molecule has 2 aliphatic rings. The van der Waals surface area contributed by atoms with Gasteiger partial charge in [-0.25, -0.2) is 9.80 Å². The first kappa shape index (κ1) is 27.6. The van der Waals surface area contributed by atoms with Crippen molar-refractivity contribution in [3.63, 3.8) is 0 Å². The van der Waals surface area contributed by atoms with Crippen molar-refractivity contribution in [2.45, 2.75) is 69.5 Å². The number of esters is 2. The van der Waals surface area contributed by atoms with E-state index in [1.54, 1.807) is 0 Å². The number of hydrogen-bond donors (Lipinski definition) is 2. The second-order valence-corrected chi connectivity index (χ2v) is 9.23. The lowest BCUT2D eigenvalue weighted by atomic mass is 10.0. The molecule has 10 heteroatoms. The minimum Gasteiger partial charge on any atom is -0.468 e. The highest BCUT2D eigenvalue weighted by Crippen LogP contribution is 2.25. The van der Waals surface area contributed by atoms with Gasteiger partial charge < -0.3 is 14.8 Å². The zero-order chi connectivity index (χ0) is 25.9. The van der Waals surface area contributed by atoms with Gasteiger partial charge in [-0.1, -0.05) is 30.3 Å². The number of aryl methyl sites for hydroxylation is 1. The number of carbonyl (C=O) groups is 4. The summed E-state index contributed by atoms with van der Waals surface area (Å²) in [6.07, 6.45) is 4.88. The van der Waals surface area contributed by atoms with Crippen LogP contribution in [0.25, 0.3) is 0 Å². The highest BCUT2D eigenvalue weighted by Gasteiger charge is 2.44. The van der Waals surface area contributed by atoms with E-state index < -0.39 is 30.1 Å². The Hall–Kier alpha value is -2.98. The second kappa shape index (κ2) is 13.9. The molecule has 3 unspecified atom stereocenters. The molecule has 1 aromatic carbocycles. The van der Waals surface area contributed by atoms with Crippen LogP contribution in [-0.2, 0) is 35.1 Å².